The third-order valence-corrected chi connectivity index (χ3v) is 2.60. The largest absolute Gasteiger partial charge is 0.330 e. The summed E-state index contributed by atoms with van der Waals surface area (Å²) < 4.78 is 0. The molecule has 0 spiro atoms. The standard InChI is InChI=1S/C11H26N2/c1-5-13(6-2)10-11(3,4)8-7-9-12/h5-10,12H2,1-4H3. The Balaban J connectivity index is 3.83. The molecule has 0 atom stereocenters. The predicted molar refractivity (Wildman–Crippen MR) is 59.9 cm³/mol. The molecular weight excluding hydrogens is 160 g/mol. The van der Waals surface area contributed by atoms with Crippen LogP contribution in [-0.4, -0.2) is 31.1 Å². The van der Waals surface area contributed by atoms with Gasteiger partial charge in [-0.2, -0.15) is 0 Å². The predicted octanol–water partition coefficient (Wildman–Crippen LogP) is 2.09. The summed E-state index contributed by atoms with van der Waals surface area (Å²) in [6.07, 6.45) is 2.38. The molecule has 0 fully saturated rings. The minimum atomic E-state index is 0.422. The van der Waals surface area contributed by atoms with Gasteiger partial charge in [0.25, 0.3) is 0 Å². The number of rotatable bonds is 7. The van der Waals surface area contributed by atoms with Crippen LogP contribution in [-0.2, 0) is 0 Å². The van der Waals surface area contributed by atoms with E-state index in [1.54, 1.807) is 0 Å². The van der Waals surface area contributed by atoms with Crippen molar-refractivity contribution in [1.29, 1.82) is 0 Å². The summed E-state index contributed by atoms with van der Waals surface area (Å²) in [5, 5.41) is 0. The summed E-state index contributed by atoms with van der Waals surface area (Å²) in [4.78, 5) is 2.48. The highest BCUT2D eigenvalue weighted by atomic mass is 15.1. The Bertz CT molecular complexity index is 117. The molecule has 0 radical (unpaired) electrons. The second-order valence-corrected chi connectivity index (χ2v) is 4.52. The van der Waals surface area contributed by atoms with Gasteiger partial charge in [0.05, 0.1) is 0 Å². The van der Waals surface area contributed by atoms with Crippen molar-refractivity contribution in [3.05, 3.63) is 0 Å². The molecule has 2 heteroatoms. The summed E-state index contributed by atoms with van der Waals surface area (Å²) >= 11 is 0. The van der Waals surface area contributed by atoms with Crippen molar-refractivity contribution >= 4 is 0 Å². The second kappa shape index (κ2) is 6.39. The fourth-order valence-corrected chi connectivity index (χ4v) is 1.71. The number of hydrogen-bond acceptors (Lipinski definition) is 2. The fraction of sp³-hybridized carbons (Fsp3) is 1.00. The Hall–Kier alpha value is -0.0800. The van der Waals surface area contributed by atoms with E-state index in [0.29, 0.717) is 5.41 Å². The molecule has 0 rings (SSSR count). The van der Waals surface area contributed by atoms with E-state index in [4.69, 9.17) is 5.73 Å². The van der Waals surface area contributed by atoms with E-state index in [1.165, 1.54) is 13.0 Å². The zero-order valence-corrected chi connectivity index (χ0v) is 9.77. The third kappa shape index (κ3) is 6.05. The van der Waals surface area contributed by atoms with E-state index in [1.807, 2.05) is 0 Å². The molecule has 0 aliphatic rings. The van der Waals surface area contributed by atoms with E-state index in [0.717, 1.165) is 26.1 Å². The molecule has 0 aliphatic heterocycles. The Morgan fingerprint density at radius 3 is 2.08 bits per heavy atom. The number of nitrogens with two attached hydrogens (primary N) is 1. The molecule has 0 aromatic heterocycles. The van der Waals surface area contributed by atoms with Crippen molar-refractivity contribution < 1.29 is 0 Å². The molecule has 80 valence electrons. The van der Waals surface area contributed by atoms with Crippen LogP contribution in [0.4, 0.5) is 0 Å². The van der Waals surface area contributed by atoms with Gasteiger partial charge in [0.1, 0.15) is 0 Å². The van der Waals surface area contributed by atoms with Gasteiger partial charge < -0.3 is 10.6 Å². The van der Waals surface area contributed by atoms with Crippen molar-refractivity contribution in [3.8, 4) is 0 Å². The minimum Gasteiger partial charge on any atom is -0.330 e. The quantitative estimate of drug-likeness (QED) is 0.659. The summed E-state index contributed by atoms with van der Waals surface area (Å²) in [7, 11) is 0. The maximum Gasteiger partial charge on any atom is 0.00325 e. The van der Waals surface area contributed by atoms with Crippen molar-refractivity contribution in [1.82, 2.24) is 4.90 Å². The van der Waals surface area contributed by atoms with Gasteiger partial charge in [0.2, 0.25) is 0 Å². The molecule has 0 bridgehead atoms. The maximum absolute atomic E-state index is 5.52. The maximum atomic E-state index is 5.52. The van der Waals surface area contributed by atoms with Crippen LogP contribution in [0.5, 0.6) is 0 Å². The van der Waals surface area contributed by atoms with Crippen LogP contribution in [0.15, 0.2) is 0 Å². The summed E-state index contributed by atoms with van der Waals surface area (Å²) in [5.41, 5.74) is 5.94. The highest BCUT2D eigenvalue weighted by Crippen LogP contribution is 2.23. The topological polar surface area (TPSA) is 29.3 Å². The Morgan fingerprint density at radius 2 is 1.69 bits per heavy atom. The van der Waals surface area contributed by atoms with Crippen LogP contribution >= 0.6 is 0 Å². The van der Waals surface area contributed by atoms with Gasteiger partial charge >= 0.3 is 0 Å². The zero-order valence-electron chi connectivity index (χ0n) is 9.77. The molecular formula is C11H26N2. The molecule has 0 aromatic rings. The molecule has 0 saturated carbocycles. The lowest BCUT2D eigenvalue weighted by Gasteiger charge is -2.31. The first-order valence-corrected chi connectivity index (χ1v) is 5.48. The molecule has 0 saturated heterocycles. The third-order valence-electron chi connectivity index (χ3n) is 2.60. The molecule has 0 amide bonds. The Labute approximate surface area is 83.5 Å². The summed E-state index contributed by atoms with van der Waals surface area (Å²) in [6.45, 7) is 13.4. The van der Waals surface area contributed by atoms with Crippen LogP contribution in [0.1, 0.15) is 40.5 Å². The van der Waals surface area contributed by atoms with Crippen molar-refractivity contribution in [3.63, 3.8) is 0 Å². The highest BCUT2D eigenvalue weighted by Gasteiger charge is 2.19. The van der Waals surface area contributed by atoms with Crippen molar-refractivity contribution in [2.24, 2.45) is 11.1 Å². The van der Waals surface area contributed by atoms with E-state index < -0.39 is 0 Å². The highest BCUT2D eigenvalue weighted by molar-refractivity contribution is 4.73. The van der Waals surface area contributed by atoms with Gasteiger partial charge in [-0.05, 0) is 37.9 Å². The summed E-state index contributed by atoms with van der Waals surface area (Å²) in [5.74, 6) is 0. The lowest BCUT2D eigenvalue weighted by atomic mass is 9.87. The first-order valence-electron chi connectivity index (χ1n) is 5.48. The van der Waals surface area contributed by atoms with E-state index in [9.17, 15) is 0 Å². The van der Waals surface area contributed by atoms with Crippen LogP contribution in [0, 0.1) is 5.41 Å². The van der Waals surface area contributed by atoms with Crippen molar-refractivity contribution in [2.45, 2.75) is 40.5 Å². The molecule has 2 nitrogen and oxygen atoms in total. The second-order valence-electron chi connectivity index (χ2n) is 4.52. The average Bonchev–Trinajstić information content (AvgIpc) is 2.11. The van der Waals surface area contributed by atoms with Crippen LogP contribution in [0.25, 0.3) is 0 Å². The molecule has 0 heterocycles. The first kappa shape index (κ1) is 12.9. The van der Waals surface area contributed by atoms with Crippen LogP contribution in [0.2, 0.25) is 0 Å². The Morgan fingerprint density at radius 1 is 1.15 bits per heavy atom. The van der Waals surface area contributed by atoms with Gasteiger partial charge in [-0.25, -0.2) is 0 Å². The lowest BCUT2D eigenvalue weighted by molar-refractivity contribution is 0.180. The minimum absolute atomic E-state index is 0.422. The van der Waals surface area contributed by atoms with Crippen LogP contribution < -0.4 is 5.73 Å². The lowest BCUT2D eigenvalue weighted by Crippen LogP contribution is -2.34. The van der Waals surface area contributed by atoms with Gasteiger partial charge in [-0.1, -0.05) is 27.7 Å². The van der Waals surface area contributed by atoms with Crippen molar-refractivity contribution in [2.75, 3.05) is 26.2 Å². The molecule has 0 aromatic carbocycles. The fourth-order valence-electron chi connectivity index (χ4n) is 1.71. The van der Waals surface area contributed by atoms with Gasteiger partial charge in [-0.15, -0.1) is 0 Å². The SMILES string of the molecule is CCN(CC)CC(C)(C)CCCN. The Kier molecular flexibility index (Phi) is 6.35. The van der Waals surface area contributed by atoms with Gasteiger partial charge in [0.15, 0.2) is 0 Å². The first-order chi connectivity index (χ1) is 6.05. The molecule has 0 unspecified atom stereocenters. The normalized spacial score (nSPS) is 12.5. The molecule has 0 aliphatic carbocycles. The van der Waals surface area contributed by atoms with E-state index in [-0.39, 0.29) is 0 Å². The number of nitrogens with zero attached hydrogens (tertiary/aromatic N) is 1. The average molecular weight is 186 g/mol. The number of hydrogen-bond donors (Lipinski definition) is 1. The molecule has 13 heavy (non-hydrogen) atoms. The van der Waals surface area contributed by atoms with Gasteiger partial charge in [-0.3, -0.25) is 0 Å². The summed E-state index contributed by atoms with van der Waals surface area (Å²) in [6, 6.07) is 0. The van der Waals surface area contributed by atoms with E-state index in [2.05, 4.69) is 32.6 Å². The monoisotopic (exact) mass is 186 g/mol. The molecule has 2 N–H and O–H groups in total. The van der Waals surface area contributed by atoms with E-state index >= 15 is 0 Å². The zero-order chi connectivity index (χ0) is 10.3. The smallest absolute Gasteiger partial charge is 0.00325 e. The van der Waals surface area contributed by atoms with Crippen LogP contribution in [0.3, 0.4) is 0 Å². The van der Waals surface area contributed by atoms with Gasteiger partial charge in [0, 0.05) is 6.54 Å².